The summed E-state index contributed by atoms with van der Waals surface area (Å²) in [5.74, 6) is 0.00880. The minimum absolute atomic E-state index is 0.00880. The van der Waals surface area contributed by atoms with Gasteiger partial charge in [-0.1, -0.05) is 27.7 Å². The molecule has 0 atom stereocenters. The quantitative estimate of drug-likeness (QED) is 0.819. The van der Waals surface area contributed by atoms with Gasteiger partial charge in [0.05, 0.1) is 5.69 Å². The first kappa shape index (κ1) is 11.2. The van der Waals surface area contributed by atoms with E-state index in [1.54, 1.807) is 0 Å². The lowest BCUT2D eigenvalue weighted by molar-refractivity contribution is -0.123. The van der Waals surface area contributed by atoms with Crippen LogP contribution < -0.4 is 5.32 Å². The molecule has 4 heteroatoms. The van der Waals surface area contributed by atoms with Crippen LogP contribution in [-0.4, -0.2) is 10.9 Å². The van der Waals surface area contributed by atoms with Crippen LogP contribution in [0.4, 0.5) is 5.13 Å². The molecule has 1 aromatic rings. The van der Waals surface area contributed by atoms with E-state index >= 15 is 0 Å². The van der Waals surface area contributed by atoms with Crippen LogP contribution in [0, 0.1) is 5.41 Å². The molecule has 0 spiro atoms. The Labute approximate surface area is 88.6 Å². The monoisotopic (exact) mass is 212 g/mol. The summed E-state index contributed by atoms with van der Waals surface area (Å²) >= 11 is 1.48. The third kappa shape index (κ3) is 2.80. The maximum absolute atomic E-state index is 11.6. The average molecular weight is 212 g/mol. The first-order valence-electron chi connectivity index (χ1n) is 4.69. The minimum Gasteiger partial charge on any atom is -0.302 e. The fourth-order valence-electron chi connectivity index (χ4n) is 0.811. The standard InChI is InChI=1S/C10H16N2OS/c1-5-7-6-14-9(11-7)12-8(13)10(2,3)4/h6H,5H2,1-4H3,(H,11,12,13). The highest BCUT2D eigenvalue weighted by Gasteiger charge is 2.21. The number of nitrogens with one attached hydrogen (secondary N) is 1. The molecule has 14 heavy (non-hydrogen) atoms. The molecule has 0 fully saturated rings. The van der Waals surface area contributed by atoms with E-state index in [1.165, 1.54) is 11.3 Å². The van der Waals surface area contributed by atoms with Crippen molar-refractivity contribution in [2.75, 3.05) is 5.32 Å². The predicted molar refractivity (Wildman–Crippen MR) is 59.6 cm³/mol. The Hall–Kier alpha value is -0.900. The van der Waals surface area contributed by atoms with Gasteiger partial charge in [0.2, 0.25) is 5.91 Å². The van der Waals surface area contributed by atoms with Gasteiger partial charge < -0.3 is 5.32 Å². The molecule has 0 aliphatic rings. The molecule has 3 nitrogen and oxygen atoms in total. The van der Waals surface area contributed by atoms with Gasteiger partial charge in [0.1, 0.15) is 0 Å². The number of aromatic nitrogens is 1. The fraction of sp³-hybridized carbons (Fsp3) is 0.600. The Morgan fingerprint density at radius 1 is 1.57 bits per heavy atom. The number of hydrogen-bond donors (Lipinski definition) is 1. The molecule has 0 radical (unpaired) electrons. The van der Waals surface area contributed by atoms with Gasteiger partial charge in [-0.15, -0.1) is 11.3 Å². The first-order valence-corrected chi connectivity index (χ1v) is 5.57. The van der Waals surface area contributed by atoms with Crippen molar-refractivity contribution < 1.29 is 4.79 Å². The van der Waals surface area contributed by atoms with Crippen LogP contribution in [0.5, 0.6) is 0 Å². The van der Waals surface area contributed by atoms with Gasteiger partial charge in [-0.2, -0.15) is 0 Å². The number of amides is 1. The van der Waals surface area contributed by atoms with Gasteiger partial charge >= 0.3 is 0 Å². The van der Waals surface area contributed by atoms with Gasteiger partial charge in [0.25, 0.3) is 0 Å². The van der Waals surface area contributed by atoms with Crippen molar-refractivity contribution in [1.82, 2.24) is 4.98 Å². The molecule has 78 valence electrons. The Kier molecular flexibility index (Phi) is 3.26. The van der Waals surface area contributed by atoms with Crippen molar-refractivity contribution in [2.24, 2.45) is 5.41 Å². The number of thiazole rings is 1. The smallest absolute Gasteiger partial charge is 0.231 e. The highest BCUT2D eigenvalue weighted by Crippen LogP contribution is 2.20. The van der Waals surface area contributed by atoms with E-state index in [-0.39, 0.29) is 11.3 Å². The van der Waals surface area contributed by atoms with E-state index in [1.807, 2.05) is 33.1 Å². The second-order valence-electron chi connectivity index (χ2n) is 4.20. The number of carbonyl (C=O) groups is 1. The van der Waals surface area contributed by atoms with E-state index in [2.05, 4.69) is 10.3 Å². The first-order chi connectivity index (χ1) is 6.43. The highest BCUT2D eigenvalue weighted by atomic mass is 32.1. The highest BCUT2D eigenvalue weighted by molar-refractivity contribution is 7.13. The number of hydrogen-bond acceptors (Lipinski definition) is 3. The second-order valence-corrected chi connectivity index (χ2v) is 5.06. The summed E-state index contributed by atoms with van der Waals surface area (Å²) in [4.78, 5) is 15.9. The molecule has 0 aromatic carbocycles. The molecule has 0 aliphatic heterocycles. The van der Waals surface area contributed by atoms with Crippen molar-refractivity contribution in [1.29, 1.82) is 0 Å². The van der Waals surface area contributed by atoms with Crippen molar-refractivity contribution >= 4 is 22.4 Å². The van der Waals surface area contributed by atoms with E-state index in [0.29, 0.717) is 5.13 Å². The second kappa shape index (κ2) is 4.09. The van der Waals surface area contributed by atoms with Gasteiger partial charge in [-0.05, 0) is 6.42 Å². The minimum atomic E-state index is -0.363. The molecular formula is C10H16N2OS. The van der Waals surface area contributed by atoms with Crippen LogP contribution in [0.25, 0.3) is 0 Å². The Balaban J connectivity index is 2.65. The van der Waals surface area contributed by atoms with Crippen molar-refractivity contribution in [2.45, 2.75) is 34.1 Å². The van der Waals surface area contributed by atoms with E-state index in [9.17, 15) is 4.79 Å². The largest absolute Gasteiger partial charge is 0.302 e. The number of rotatable bonds is 2. The van der Waals surface area contributed by atoms with Crippen molar-refractivity contribution in [3.05, 3.63) is 11.1 Å². The van der Waals surface area contributed by atoms with Gasteiger partial charge in [0, 0.05) is 10.8 Å². The zero-order chi connectivity index (χ0) is 10.8. The molecule has 1 N–H and O–H groups in total. The molecule has 0 aliphatic carbocycles. The number of aryl methyl sites for hydroxylation is 1. The summed E-state index contributed by atoms with van der Waals surface area (Å²) in [6.45, 7) is 7.70. The van der Waals surface area contributed by atoms with Crippen LogP contribution in [0.2, 0.25) is 0 Å². The third-order valence-corrected chi connectivity index (χ3v) is 2.62. The van der Waals surface area contributed by atoms with Crippen LogP contribution >= 0.6 is 11.3 Å². The van der Waals surface area contributed by atoms with E-state index < -0.39 is 0 Å². The van der Waals surface area contributed by atoms with Crippen LogP contribution in [0.3, 0.4) is 0 Å². The summed E-state index contributed by atoms with van der Waals surface area (Å²) in [7, 11) is 0. The SMILES string of the molecule is CCc1csc(NC(=O)C(C)(C)C)n1. The van der Waals surface area contributed by atoms with Gasteiger partial charge in [0.15, 0.2) is 5.13 Å². The molecule has 0 unspecified atom stereocenters. The zero-order valence-electron chi connectivity index (χ0n) is 9.05. The van der Waals surface area contributed by atoms with Crippen LogP contribution in [0.15, 0.2) is 5.38 Å². The van der Waals surface area contributed by atoms with Crippen LogP contribution in [0.1, 0.15) is 33.4 Å². The number of carbonyl (C=O) groups excluding carboxylic acids is 1. The normalized spacial score (nSPS) is 11.4. The van der Waals surface area contributed by atoms with Crippen LogP contribution in [-0.2, 0) is 11.2 Å². The van der Waals surface area contributed by atoms with Crippen molar-refractivity contribution in [3.63, 3.8) is 0 Å². The fourth-order valence-corrected chi connectivity index (χ4v) is 1.60. The maximum atomic E-state index is 11.6. The lowest BCUT2D eigenvalue weighted by Gasteiger charge is -2.15. The molecular weight excluding hydrogens is 196 g/mol. The zero-order valence-corrected chi connectivity index (χ0v) is 9.86. The molecule has 1 rings (SSSR count). The van der Waals surface area contributed by atoms with Gasteiger partial charge in [-0.25, -0.2) is 4.98 Å². The predicted octanol–water partition coefficient (Wildman–Crippen LogP) is 2.69. The summed E-state index contributed by atoms with van der Waals surface area (Å²) in [6.07, 6.45) is 0.905. The summed E-state index contributed by atoms with van der Waals surface area (Å²) in [5, 5.41) is 5.47. The summed E-state index contributed by atoms with van der Waals surface area (Å²) in [6, 6.07) is 0. The summed E-state index contributed by atoms with van der Waals surface area (Å²) in [5.41, 5.74) is 0.664. The molecule has 0 saturated carbocycles. The Bertz CT molecular complexity index is 325. The Morgan fingerprint density at radius 3 is 2.64 bits per heavy atom. The lowest BCUT2D eigenvalue weighted by Crippen LogP contribution is -2.27. The van der Waals surface area contributed by atoms with E-state index in [4.69, 9.17) is 0 Å². The third-order valence-electron chi connectivity index (χ3n) is 1.82. The maximum Gasteiger partial charge on any atom is 0.231 e. The molecule has 1 heterocycles. The summed E-state index contributed by atoms with van der Waals surface area (Å²) < 4.78 is 0. The number of nitrogens with zero attached hydrogens (tertiary/aromatic N) is 1. The van der Waals surface area contributed by atoms with Gasteiger partial charge in [-0.3, -0.25) is 4.79 Å². The molecule has 0 saturated heterocycles. The van der Waals surface area contributed by atoms with Crippen molar-refractivity contribution in [3.8, 4) is 0 Å². The molecule has 1 amide bonds. The Morgan fingerprint density at radius 2 is 2.21 bits per heavy atom. The molecule has 1 aromatic heterocycles. The average Bonchev–Trinajstić information content (AvgIpc) is 2.50. The lowest BCUT2D eigenvalue weighted by atomic mass is 9.96. The molecule has 0 bridgehead atoms. The van der Waals surface area contributed by atoms with E-state index in [0.717, 1.165) is 12.1 Å². The number of anilines is 1. The topological polar surface area (TPSA) is 42.0 Å².